The minimum absolute atomic E-state index is 0.0533. The number of amides is 1. The summed E-state index contributed by atoms with van der Waals surface area (Å²) in [6.07, 6.45) is 1.69. The lowest BCUT2D eigenvalue weighted by molar-refractivity contribution is 0.0635. The van der Waals surface area contributed by atoms with Gasteiger partial charge in [-0.25, -0.2) is 4.79 Å². The van der Waals surface area contributed by atoms with Gasteiger partial charge in [0.1, 0.15) is 11.4 Å². The molecule has 122 valence electrons. The van der Waals surface area contributed by atoms with E-state index < -0.39 is 11.7 Å². The van der Waals surface area contributed by atoms with Gasteiger partial charge in [0.15, 0.2) is 0 Å². The first-order valence-electron chi connectivity index (χ1n) is 7.62. The van der Waals surface area contributed by atoms with Crippen LogP contribution in [0, 0.1) is 0 Å². The van der Waals surface area contributed by atoms with Gasteiger partial charge in [0.05, 0.1) is 12.8 Å². The number of ether oxygens (including phenoxy) is 2. The molecule has 22 heavy (non-hydrogen) atoms. The standard InChI is InChI=1S/C17H26N2O3/c1-11(18)17(8-9-17)12-6-7-13(14(10-12)21-5)19-15(20)22-16(2,3)4/h6-7,10-11H,8-9,18H2,1-5H3,(H,19,20). The van der Waals surface area contributed by atoms with Crippen molar-refractivity contribution in [3.05, 3.63) is 23.8 Å². The lowest BCUT2D eigenvalue weighted by atomic mass is 9.89. The summed E-state index contributed by atoms with van der Waals surface area (Å²) < 4.78 is 10.7. The third kappa shape index (κ3) is 3.53. The van der Waals surface area contributed by atoms with Crippen LogP contribution < -0.4 is 15.8 Å². The number of hydrogen-bond acceptors (Lipinski definition) is 4. The molecular formula is C17H26N2O3. The summed E-state index contributed by atoms with van der Waals surface area (Å²) in [6, 6.07) is 5.91. The van der Waals surface area contributed by atoms with Gasteiger partial charge >= 0.3 is 6.09 Å². The second-order valence-corrected chi connectivity index (χ2v) is 6.99. The molecule has 1 atom stereocenters. The zero-order valence-corrected chi connectivity index (χ0v) is 14.0. The molecule has 3 N–H and O–H groups in total. The van der Waals surface area contributed by atoms with Gasteiger partial charge in [-0.2, -0.15) is 0 Å². The lowest BCUT2D eigenvalue weighted by Crippen LogP contribution is -2.31. The highest BCUT2D eigenvalue weighted by Crippen LogP contribution is 2.51. The fraction of sp³-hybridized carbons (Fsp3) is 0.588. The molecule has 1 aromatic carbocycles. The van der Waals surface area contributed by atoms with Crippen LogP contribution in [0.2, 0.25) is 0 Å². The van der Waals surface area contributed by atoms with Crippen LogP contribution in [0.4, 0.5) is 10.5 Å². The lowest BCUT2D eigenvalue weighted by Gasteiger charge is -2.23. The molecule has 1 fully saturated rings. The van der Waals surface area contributed by atoms with Gasteiger partial charge in [-0.15, -0.1) is 0 Å². The van der Waals surface area contributed by atoms with E-state index in [2.05, 4.69) is 5.32 Å². The first-order valence-corrected chi connectivity index (χ1v) is 7.62. The van der Waals surface area contributed by atoms with E-state index in [0.29, 0.717) is 11.4 Å². The van der Waals surface area contributed by atoms with Crippen molar-refractivity contribution in [2.45, 2.75) is 57.6 Å². The summed E-state index contributed by atoms with van der Waals surface area (Å²) in [4.78, 5) is 11.9. The summed E-state index contributed by atoms with van der Waals surface area (Å²) in [7, 11) is 1.59. The summed E-state index contributed by atoms with van der Waals surface area (Å²) in [5, 5.41) is 2.73. The summed E-state index contributed by atoms with van der Waals surface area (Å²) in [5.41, 5.74) is 7.39. The Hall–Kier alpha value is -1.75. The smallest absolute Gasteiger partial charge is 0.412 e. The summed E-state index contributed by atoms with van der Waals surface area (Å²) >= 11 is 0. The van der Waals surface area contributed by atoms with Crippen LogP contribution in [0.25, 0.3) is 0 Å². The molecule has 0 bridgehead atoms. The fourth-order valence-corrected chi connectivity index (χ4v) is 2.66. The first-order chi connectivity index (χ1) is 10.2. The van der Waals surface area contributed by atoms with Crippen molar-refractivity contribution >= 4 is 11.8 Å². The Morgan fingerprint density at radius 1 is 1.36 bits per heavy atom. The van der Waals surface area contributed by atoms with Crippen molar-refractivity contribution in [1.82, 2.24) is 0 Å². The van der Waals surface area contributed by atoms with E-state index >= 15 is 0 Å². The Morgan fingerprint density at radius 2 is 2.00 bits per heavy atom. The Morgan fingerprint density at radius 3 is 2.45 bits per heavy atom. The van der Waals surface area contributed by atoms with Crippen molar-refractivity contribution in [1.29, 1.82) is 0 Å². The molecule has 5 heteroatoms. The Balaban J connectivity index is 2.19. The molecule has 0 aromatic heterocycles. The predicted molar refractivity (Wildman–Crippen MR) is 87.4 cm³/mol. The quantitative estimate of drug-likeness (QED) is 0.894. The van der Waals surface area contributed by atoms with Gasteiger partial charge in [-0.1, -0.05) is 6.07 Å². The van der Waals surface area contributed by atoms with Gasteiger partial charge in [-0.3, -0.25) is 5.32 Å². The zero-order valence-electron chi connectivity index (χ0n) is 14.0. The highest BCUT2D eigenvalue weighted by atomic mass is 16.6. The molecule has 0 heterocycles. The Bertz CT molecular complexity index is 558. The minimum atomic E-state index is -0.537. The van der Waals surface area contributed by atoms with Crippen molar-refractivity contribution in [2.24, 2.45) is 5.73 Å². The molecule has 1 aliphatic carbocycles. The number of carbonyl (C=O) groups excluding carboxylic acids is 1. The van der Waals surface area contributed by atoms with E-state index in [1.165, 1.54) is 0 Å². The largest absolute Gasteiger partial charge is 0.495 e. The Kier molecular flexibility index (Phi) is 4.38. The third-order valence-electron chi connectivity index (χ3n) is 4.07. The second kappa shape index (κ2) is 5.80. The molecule has 1 aliphatic rings. The fourth-order valence-electron chi connectivity index (χ4n) is 2.66. The van der Waals surface area contributed by atoms with E-state index in [1.807, 2.05) is 45.9 Å². The monoisotopic (exact) mass is 306 g/mol. The molecule has 2 rings (SSSR count). The van der Waals surface area contributed by atoms with Crippen molar-refractivity contribution in [3.8, 4) is 5.75 Å². The molecule has 0 spiro atoms. The average molecular weight is 306 g/mol. The molecule has 0 radical (unpaired) electrons. The normalized spacial score (nSPS) is 17.5. The maximum atomic E-state index is 11.9. The van der Waals surface area contributed by atoms with Crippen LogP contribution in [0.1, 0.15) is 46.1 Å². The van der Waals surface area contributed by atoms with Gasteiger partial charge in [-0.05, 0) is 58.2 Å². The van der Waals surface area contributed by atoms with Crippen LogP contribution in [0.15, 0.2) is 18.2 Å². The average Bonchev–Trinajstić information content (AvgIpc) is 3.18. The van der Waals surface area contributed by atoms with Gasteiger partial charge in [0.25, 0.3) is 0 Å². The molecule has 1 aromatic rings. The van der Waals surface area contributed by atoms with Gasteiger partial charge in [0, 0.05) is 11.5 Å². The van der Waals surface area contributed by atoms with Crippen molar-refractivity contribution in [3.63, 3.8) is 0 Å². The van der Waals surface area contributed by atoms with Crippen molar-refractivity contribution < 1.29 is 14.3 Å². The number of anilines is 1. The van der Waals surface area contributed by atoms with E-state index in [0.717, 1.165) is 18.4 Å². The second-order valence-electron chi connectivity index (χ2n) is 6.99. The topological polar surface area (TPSA) is 73.6 Å². The number of methoxy groups -OCH3 is 1. The van der Waals surface area contributed by atoms with Gasteiger partial charge in [0.2, 0.25) is 0 Å². The first kappa shape index (κ1) is 16.6. The summed E-state index contributed by atoms with van der Waals surface area (Å²) in [6.45, 7) is 7.51. The minimum Gasteiger partial charge on any atom is -0.495 e. The predicted octanol–water partition coefficient (Wildman–Crippen LogP) is 3.42. The van der Waals surface area contributed by atoms with E-state index in [9.17, 15) is 4.79 Å². The number of carbonyl (C=O) groups is 1. The number of hydrogen-bond donors (Lipinski definition) is 2. The van der Waals surface area contributed by atoms with Crippen LogP contribution in [-0.4, -0.2) is 24.8 Å². The molecule has 5 nitrogen and oxygen atoms in total. The highest BCUT2D eigenvalue weighted by Gasteiger charge is 2.47. The number of benzene rings is 1. The molecule has 1 unspecified atom stereocenters. The zero-order chi connectivity index (χ0) is 16.5. The number of rotatable bonds is 4. The van der Waals surface area contributed by atoms with E-state index in [-0.39, 0.29) is 11.5 Å². The number of nitrogens with one attached hydrogen (secondary N) is 1. The van der Waals surface area contributed by atoms with Crippen LogP contribution >= 0.6 is 0 Å². The molecule has 0 saturated heterocycles. The maximum absolute atomic E-state index is 11.9. The SMILES string of the molecule is COc1cc(C2(C(C)N)CC2)ccc1NC(=O)OC(C)(C)C. The molecule has 0 aliphatic heterocycles. The van der Waals surface area contributed by atoms with Crippen LogP contribution in [0.5, 0.6) is 5.75 Å². The van der Waals surface area contributed by atoms with Crippen LogP contribution in [-0.2, 0) is 10.2 Å². The van der Waals surface area contributed by atoms with E-state index in [1.54, 1.807) is 7.11 Å². The van der Waals surface area contributed by atoms with E-state index in [4.69, 9.17) is 15.2 Å². The van der Waals surface area contributed by atoms with Crippen LogP contribution in [0.3, 0.4) is 0 Å². The Labute approximate surface area is 132 Å². The third-order valence-corrected chi connectivity index (χ3v) is 4.07. The van der Waals surface area contributed by atoms with Gasteiger partial charge < -0.3 is 15.2 Å². The molecule has 1 amide bonds. The number of nitrogens with two attached hydrogens (primary N) is 1. The molecule has 1 saturated carbocycles. The molecular weight excluding hydrogens is 280 g/mol. The maximum Gasteiger partial charge on any atom is 0.412 e. The highest BCUT2D eigenvalue weighted by molar-refractivity contribution is 5.87. The summed E-state index contributed by atoms with van der Waals surface area (Å²) in [5.74, 6) is 0.621. The van der Waals surface area contributed by atoms with Crippen molar-refractivity contribution in [2.75, 3.05) is 12.4 Å².